The molecule has 3 heterocycles. The monoisotopic (exact) mass is 440 g/mol. The number of phenols is 1. The van der Waals surface area contributed by atoms with E-state index in [1.54, 1.807) is 12.1 Å². The van der Waals surface area contributed by atoms with Crippen LogP contribution in [0.3, 0.4) is 0 Å². The predicted molar refractivity (Wildman–Crippen MR) is 132 cm³/mol. The number of nitrogens with zero attached hydrogens (tertiary/aromatic N) is 4. The minimum absolute atomic E-state index is 0.188. The van der Waals surface area contributed by atoms with Gasteiger partial charge >= 0.3 is 0 Å². The Balaban J connectivity index is 1.27. The van der Waals surface area contributed by atoms with Gasteiger partial charge in [0.25, 0.3) is 0 Å². The summed E-state index contributed by atoms with van der Waals surface area (Å²) in [5.41, 5.74) is 10.9. The lowest BCUT2D eigenvalue weighted by molar-refractivity contribution is 0.233. The molecule has 0 spiro atoms. The first-order valence-corrected chi connectivity index (χ1v) is 11.3. The first kappa shape index (κ1) is 21.2. The van der Waals surface area contributed by atoms with E-state index in [1.165, 1.54) is 11.1 Å². The predicted octanol–water partition coefficient (Wildman–Crippen LogP) is 3.35. The average molecular weight is 441 g/mol. The summed E-state index contributed by atoms with van der Waals surface area (Å²) in [4.78, 5) is 11.4. The van der Waals surface area contributed by atoms with Crippen LogP contribution in [0.5, 0.6) is 5.75 Å². The van der Waals surface area contributed by atoms with Crippen LogP contribution < -0.4 is 11.1 Å². The summed E-state index contributed by atoms with van der Waals surface area (Å²) < 4.78 is 1.84. The number of hydrogen-bond donors (Lipinski definition) is 3. The van der Waals surface area contributed by atoms with Gasteiger partial charge in [-0.1, -0.05) is 48.6 Å². The third-order valence-corrected chi connectivity index (χ3v) is 5.98. The Morgan fingerprint density at radius 1 is 0.970 bits per heavy atom. The molecule has 0 amide bonds. The molecule has 0 aliphatic carbocycles. The minimum Gasteiger partial charge on any atom is -0.507 e. The number of hydrogen-bond acceptors (Lipinski definition) is 6. The molecule has 2 aromatic heterocycles. The minimum atomic E-state index is 0.188. The third-order valence-electron chi connectivity index (χ3n) is 5.98. The molecule has 1 saturated heterocycles. The van der Waals surface area contributed by atoms with Crippen molar-refractivity contribution in [2.24, 2.45) is 0 Å². The number of imidazole rings is 1. The van der Waals surface area contributed by atoms with Crippen LogP contribution in [-0.4, -0.2) is 50.6 Å². The largest absolute Gasteiger partial charge is 0.507 e. The molecular formula is C26H28N6O. The third kappa shape index (κ3) is 4.89. The lowest BCUT2D eigenvalue weighted by atomic mass is 10.1. The number of fused-ring (bicyclic) bond motifs is 1. The van der Waals surface area contributed by atoms with Crippen molar-refractivity contribution < 1.29 is 5.11 Å². The highest BCUT2D eigenvalue weighted by atomic mass is 16.3. The van der Waals surface area contributed by atoms with E-state index in [-0.39, 0.29) is 5.75 Å². The Kier molecular flexibility index (Phi) is 6.06. The van der Waals surface area contributed by atoms with Crippen molar-refractivity contribution in [2.75, 3.05) is 31.9 Å². The number of rotatable bonds is 6. The number of allylic oxidation sites excluding steroid dienone is 1. The first-order chi connectivity index (χ1) is 16.2. The standard InChI is InChI=1S/C26H28N6O/c27-25-21(17-32-18-23(29-26(32)30-25)22-6-1-2-7-24(22)33)5-3-4-19-8-10-20(11-9-19)16-31-14-12-28-13-15-31/h1-3,5-11,17-18,28,33H,4,12-16H2,(H2,27,29,30). The molecule has 1 aliphatic heterocycles. The van der Waals surface area contributed by atoms with E-state index in [1.807, 2.05) is 35.0 Å². The molecule has 0 atom stereocenters. The van der Waals surface area contributed by atoms with Gasteiger partial charge in [-0.05, 0) is 29.7 Å². The Bertz CT molecular complexity index is 1270. The Hall–Kier alpha value is -3.68. The van der Waals surface area contributed by atoms with Crippen LogP contribution in [0.1, 0.15) is 16.7 Å². The fourth-order valence-corrected chi connectivity index (χ4v) is 4.13. The second kappa shape index (κ2) is 9.44. The van der Waals surface area contributed by atoms with E-state index in [4.69, 9.17) is 5.73 Å². The van der Waals surface area contributed by atoms with Crippen LogP contribution in [0.15, 0.2) is 67.0 Å². The van der Waals surface area contributed by atoms with Gasteiger partial charge in [0.1, 0.15) is 11.6 Å². The van der Waals surface area contributed by atoms with Crippen LogP contribution in [0.25, 0.3) is 23.1 Å². The zero-order chi connectivity index (χ0) is 22.6. The number of aromatic nitrogens is 3. The second-order valence-corrected chi connectivity index (χ2v) is 8.38. The topological polar surface area (TPSA) is 91.7 Å². The smallest absolute Gasteiger partial charge is 0.236 e. The van der Waals surface area contributed by atoms with Gasteiger partial charge in [-0.2, -0.15) is 4.98 Å². The summed E-state index contributed by atoms with van der Waals surface area (Å²) in [6.45, 7) is 5.36. The summed E-state index contributed by atoms with van der Waals surface area (Å²) in [5, 5.41) is 13.5. The molecule has 7 heteroatoms. The SMILES string of the molecule is Nc1nc2nc(-c3ccccc3O)cn2cc1C=CCc1ccc(CN2CCNCC2)cc1. The van der Waals surface area contributed by atoms with E-state index >= 15 is 0 Å². The van der Waals surface area contributed by atoms with E-state index in [2.05, 4.69) is 50.5 Å². The van der Waals surface area contributed by atoms with Crippen molar-refractivity contribution in [3.8, 4) is 17.0 Å². The Morgan fingerprint density at radius 2 is 1.73 bits per heavy atom. The number of benzene rings is 2. The van der Waals surface area contributed by atoms with Gasteiger partial charge in [-0.15, -0.1) is 0 Å². The molecule has 2 aromatic carbocycles. The number of nitrogens with two attached hydrogens (primary N) is 1. The van der Waals surface area contributed by atoms with E-state index in [0.29, 0.717) is 22.9 Å². The van der Waals surface area contributed by atoms with Crippen molar-refractivity contribution in [2.45, 2.75) is 13.0 Å². The molecule has 0 unspecified atom stereocenters. The molecule has 7 nitrogen and oxygen atoms in total. The molecule has 4 aromatic rings. The number of anilines is 1. The molecule has 0 bridgehead atoms. The normalized spacial score (nSPS) is 14.9. The number of aromatic hydroxyl groups is 1. The van der Waals surface area contributed by atoms with Gasteiger partial charge in [0, 0.05) is 56.2 Å². The summed E-state index contributed by atoms with van der Waals surface area (Å²) in [7, 11) is 0. The van der Waals surface area contributed by atoms with Crippen molar-refractivity contribution >= 4 is 17.7 Å². The molecule has 4 N–H and O–H groups in total. The molecule has 1 fully saturated rings. The van der Waals surface area contributed by atoms with E-state index in [0.717, 1.165) is 44.7 Å². The lowest BCUT2D eigenvalue weighted by Crippen LogP contribution is -2.42. The molecule has 1 aliphatic rings. The number of nitrogen functional groups attached to an aromatic ring is 1. The van der Waals surface area contributed by atoms with Crippen LogP contribution in [-0.2, 0) is 13.0 Å². The summed E-state index contributed by atoms with van der Waals surface area (Å²) in [6.07, 6.45) is 8.69. The van der Waals surface area contributed by atoms with Crippen molar-refractivity contribution in [1.29, 1.82) is 0 Å². The Morgan fingerprint density at radius 3 is 2.52 bits per heavy atom. The fraction of sp³-hybridized carbons (Fsp3) is 0.231. The van der Waals surface area contributed by atoms with Gasteiger partial charge in [0.05, 0.1) is 5.69 Å². The Labute approximate surface area is 193 Å². The highest BCUT2D eigenvalue weighted by molar-refractivity contribution is 5.69. The molecule has 168 valence electrons. The van der Waals surface area contributed by atoms with Crippen molar-refractivity contribution in [1.82, 2.24) is 24.6 Å². The number of nitrogens with one attached hydrogen (secondary N) is 1. The quantitative estimate of drug-likeness (QED) is 0.426. The summed E-state index contributed by atoms with van der Waals surface area (Å²) in [6, 6.07) is 16.0. The van der Waals surface area contributed by atoms with Crippen LogP contribution in [0.2, 0.25) is 0 Å². The van der Waals surface area contributed by atoms with E-state index in [9.17, 15) is 5.11 Å². The fourth-order valence-electron chi connectivity index (χ4n) is 4.13. The maximum absolute atomic E-state index is 10.1. The maximum atomic E-state index is 10.1. The van der Waals surface area contributed by atoms with Gasteiger partial charge in [-0.3, -0.25) is 9.30 Å². The second-order valence-electron chi connectivity index (χ2n) is 8.38. The maximum Gasteiger partial charge on any atom is 0.236 e. The van der Waals surface area contributed by atoms with Crippen molar-refractivity contribution in [3.05, 3.63) is 83.7 Å². The van der Waals surface area contributed by atoms with Gasteiger partial charge in [0.2, 0.25) is 5.78 Å². The van der Waals surface area contributed by atoms with E-state index < -0.39 is 0 Å². The average Bonchev–Trinajstić information content (AvgIpc) is 3.23. The first-order valence-electron chi connectivity index (χ1n) is 11.3. The highest BCUT2D eigenvalue weighted by Crippen LogP contribution is 2.28. The molecule has 0 saturated carbocycles. The zero-order valence-electron chi connectivity index (χ0n) is 18.5. The number of piperazine rings is 1. The molecule has 5 rings (SSSR count). The van der Waals surface area contributed by atoms with Gasteiger partial charge in [-0.25, -0.2) is 4.98 Å². The van der Waals surface area contributed by atoms with Crippen LogP contribution in [0.4, 0.5) is 5.82 Å². The molecule has 33 heavy (non-hydrogen) atoms. The van der Waals surface area contributed by atoms with Gasteiger partial charge in [0.15, 0.2) is 0 Å². The van der Waals surface area contributed by atoms with Crippen LogP contribution >= 0.6 is 0 Å². The summed E-state index contributed by atoms with van der Waals surface area (Å²) >= 11 is 0. The zero-order valence-corrected chi connectivity index (χ0v) is 18.5. The summed E-state index contributed by atoms with van der Waals surface area (Å²) in [5.74, 6) is 1.12. The molecule has 0 radical (unpaired) electrons. The number of phenolic OH excluding ortho intramolecular Hbond substituents is 1. The number of para-hydroxylation sites is 1. The highest BCUT2D eigenvalue weighted by Gasteiger charge is 2.11. The lowest BCUT2D eigenvalue weighted by Gasteiger charge is -2.27. The van der Waals surface area contributed by atoms with Crippen molar-refractivity contribution in [3.63, 3.8) is 0 Å². The van der Waals surface area contributed by atoms with Gasteiger partial charge < -0.3 is 16.2 Å². The molecular weight excluding hydrogens is 412 g/mol. The van der Waals surface area contributed by atoms with Crippen LogP contribution in [0, 0.1) is 0 Å².